The lowest BCUT2D eigenvalue weighted by atomic mass is 10.0. The second kappa shape index (κ2) is 4.96. The zero-order chi connectivity index (χ0) is 12.3. The Labute approximate surface area is 97.6 Å². The SMILES string of the molecule is O=C1N[C@@H](Cc2cnc[nH]2)C(=O)N[C@H]1CCO. The van der Waals surface area contributed by atoms with Crippen molar-refractivity contribution in [1.82, 2.24) is 20.6 Å². The molecule has 1 saturated heterocycles. The van der Waals surface area contributed by atoms with E-state index in [0.29, 0.717) is 6.42 Å². The Hall–Kier alpha value is -1.89. The molecule has 1 aliphatic heterocycles. The van der Waals surface area contributed by atoms with Crippen LogP contribution >= 0.6 is 0 Å². The zero-order valence-electron chi connectivity index (χ0n) is 9.14. The number of amides is 2. The van der Waals surface area contributed by atoms with Gasteiger partial charge < -0.3 is 20.7 Å². The molecule has 0 spiro atoms. The number of nitrogens with zero attached hydrogens (tertiary/aromatic N) is 1. The summed E-state index contributed by atoms with van der Waals surface area (Å²) in [5.41, 5.74) is 0.783. The average Bonchev–Trinajstić information content (AvgIpc) is 2.78. The second-order valence-electron chi connectivity index (χ2n) is 3.92. The lowest BCUT2D eigenvalue weighted by molar-refractivity contribution is -0.137. The van der Waals surface area contributed by atoms with E-state index in [1.165, 1.54) is 6.33 Å². The van der Waals surface area contributed by atoms with E-state index in [-0.39, 0.29) is 24.8 Å². The molecular formula is C10H14N4O3. The molecule has 0 radical (unpaired) electrons. The smallest absolute Gasteiger partial charge is 0.243 e. The molecule has 0 aliphatic carbocycles. The van der Waals surface area contributed by atoms with E-state index in [0.717, 1.165) is 5.69 Å². The first kappa shape index (κ1) is 11.6. The van der Waals surface area contributed by atoms with Gasteiger partial charge >= 0.3 is 0 Å². The Bertz CT molecular complexity index is 404. The van der Waals surface area contributed by atoms with E-state index in [1.54, 1.807) is 6.20 Å². The molecule has 92 valence electrons. The van der Waals surface area contributed by atoms with Crippen LogP contribution in [-0.2, 0) is 16.0 Å². The van der Waals surface area contributed by atoms with Gasteiger partial charge in [-0.3, -0.25) is 9.59 Å². The van der Waals surface area contributed by atoms with Crippen molar-refractivity contribution in [3.05, 3.63) is 18.2 Å². The predicted octanol–water partition coefficient (Wildman–Crippen LogP) is -1.68. The highest BCUT2D eigenvalue weighted by Gasteiger charge is 2.33. The molecule has 1 aromatic rings. The number of aliphatic hydroxyl groups excluding tert-OH is 1. The molecule has 2 heterocycles. The molecule has 1 aromatic heterocycles. The number of hydrogen-bond donors (Lipinski definition) is 4. The summed E-state index contributed by atoms with van der Waals surface area (Å²) in [7, 11) is 0. The molecule has 7 nitrogen and oxygen atoms in total. The number of H-pyrrole nitrogens is 1. The largest absolute Gasteiger partial charge is 0.396 e. The van der Waals surface area contributed by atoms with Gasteiger partial charge in [-0.2, -0.15) is 0 Å². The normalized spacial score (nSPS) is 24.3. The predicted molar refractivity (Wildman–Crippen MR) is 57.9 cm³/mol. The maximum atomic E-state index is 11.7. The lowest BCUT2D eigenvalue weighted by Gasteiger charge is -2.28. The molecule has 4 N–H and O–H groups in total. The van der Waals surface area contributed by atoms with Crippen LogP contribution in [0.25, 0.3) is 0 Å². The van der Waals surface area contributed by atoms with Crippen LogP contribution in [0.3, 0.4) is 0 Å². The van der Waals surface area contributed by atoms with Crippen molar-refractivity contribution >= 4 is 11.8 Å². The standard InChI is InChI=1S/C10H14N4O3/c15-2-1-7-9(16)14-8(10(17)13-7)3-6-4-11-5-12-6/h4-5,7-8,15H,1-3H2,(H,11,12)(H,13,17)(H,14,16)/t7-,8-/m0/s1. The first-order valence-corrected chi connectivity index (χ1v) is 5.39. The van der Waals surface area contributed by atoms with E-state index in [9.17, 15) is 9.59 Å². The minimum absolute atomic E-state index is 0.135. The summed E-state index contributed by atoms with van der Waals surface area (Å²) in [4.78, 5) is 30.0. The van der Waals surface area contributed by atoms with E-state index < -0.39 is 12.1 Å². The molecule has 0 bridgehead atoms. The van der Waals surface area contributed by atoms with E-state index >= 15 is 0 Å². The summed E-state index contributed by atoms with van der Waals surface area (Å²) < 4.78 is 0. The Morgan fingerprint density at radius 2 is 1.94 bits per heavy atom. The van der Waals surface area contributed by atoms with Gasteiger partial charge in [0, 0.05) is 24.9 Å². The number of carbonyl (C=O) groups excluding carboxylic acids is 2. The maximum Gasteiger partial charge on any atom is 0.243 e. The third-order valence-electron chi connectivity index (χ3n) is 2.66. The molecule has 2 atom stereocenters. The van der Waals surface area contributed by atoms with Crippen molar-refractivity contribution in [2.45, 2.75) is 24.9 Å². The zero-order valence-corrected chi connectivity index (χ0v) is 9.14. The van der Waals surface area contributed by atoms with Crippen LogP contribution in [0, 0.1) is 0 Å². The van der Waals surface area contributed by atoms with Gasteiger partial charge in [0.05, 0.1) is 6.33 Å². The molecule has 2 amide bonds. The van der Waals surface area contributed by atoms with Crippen molar-refractivity contribution in [3.63, 3.8) is 0 Å². The van der Waals surface area contributed by atoms with Crippen molar-refractivity contribution in [2.24, 2.45) is 0 Å². The van der Waals surface area contributed by atoms with E-state index in [4.69, 9.17) is 5.11 Å². The van der Waals surface area contributed by atoms with Gasteiger partial charge in [0.2, 0.25) is 11.8 Å². The van der Waals surface area contributed by atoms with E-state index in [2.05, 4.69) is 20.6 Å². The van der Waals surface area contributed by atoms with Gasteiger partial charge in [0.1, 0.15) is 12.1 Å². The van der Waals surface area contributed by atoms with Crippen LogP contribution in [0.1, 0.15) is 12.1 Å². The summed E-state index contributed by atoms with van der Waals surface area (Å²) in [6.07, 6.45) is 3.74. The number of aliphatic hydroxyl groups is 1. The van der Waals surface area contributed by atoms with Crippen LogP contribution < -0.4 is 10.6 Å². The number of piperazine rings is 1. The topological polar surface area (TPSA) is 107 Å². The number of imidazole rings is 1. The van der Waals surface area contributed by atoms with Crippen LogP contribution in [-0.4, -0.2) is 45.6 Å². The van der Waals surface area contributed by atoms with Gasteiger partial charge in [-0.05, 0) is 6.42 Å². The fourth-order valence-electron chi connectivity index (χ4n) is 1.77. The quantitative estimate of drug-likeness (QED) is 0.502. The fraction of sp³-hybridized carbons (Fsp3) is 0.500. The number of aromatic amines is 1. The first-order valence-electron chi connectivity index (χ1n) is 5.39. The molecule has 2 rings (SSSR count). The number of nitrogens with one attached hydrogen (secondary N) is 3. The van der Waals surface area contributed by atoms with Gasteiger partial charge in [0.15, 0.2) is 0 Å². The van der Waals surface area contributed by atoms with Crippen molar-refractivity contribution in [3.8, 4) is 0 Å². The Balaban J connectivity index is 1.98. The number of carbonyl (C=O) groups is 2. The van der Waals surface area contributed by atoms with Crippen molar-refractivity contribution in [1.29, 1.82) is 0 Å². The van der Waals surface area contributed by atoms with Gasteiger partial charge in [-0.15, -0.1) is 0 Å². The van der Waals surface area contributed by atoms with Crippen LogP contribution in [0.2, 0.25) is 0 Å². The molecule has 17 heavy (non-hydrogen) atoms. The summed E-state index contributed by atoms with van der Waals surface area (Å²) in [6, 6.07) is -1.22. The van der Waals surface area contributed by atoms with Crippen molar-refractivity contribution in [2.75, 3.05) is 6.61 Å². The summed E-state index contributed by atoms with van der Waals surface area (Å²) in [5.74, 6) is -0.499. The van der Waals surface area contributed by atoms with Crippen LogP contribution in [0.5, 0.6) is 0 Å². The highest BCUT2D eigenvalue weighted by atomic mass is 16.3. The fourth-order valence-corrected chi connectivity index (χ4v) is 1.77. The minimum Gasteiger partial charge on any atom is -0.396 e. The molecule has 1 fully saturated rings. The Kier molecular flexibility index (Phi) is 3.38. The molecule has 7 heteroatoms. The van der Waals surface area contributed by atoms with Crippen LogP contribution in [0.15, 0.2) is 12.5 Å². The Morgan fingerprint density at radius 3 is 2.59 bits per heavy atom. The number of aromatic nitrogens is 2. The van der Waals surface area contributed by atoms with Gasteiger partial charge in [0.25, 0.3) is 0 Å². The third kappa shape index (κ3) is 2.62. The van der Waals surface area contributed by atoms with E-state index in [1.807, 2.05) is 0 Å². The molecule has 0 unspecified atom stereocenters. The van der Waals surface area contributed by atoms with Gasteiger partial charge in [-0.25, -0.2) is 4.98 Å². The highest BCUT2D eigenvalue weighted by molar-refractivity contribution is 5.97. The summed E-state index contributed by atoms with van der Waals surface area (Å²) >= 11 is 0. The number of rotatable bonds is 4. The number of hydrogen-bond acceptors (Lipinski definition) is 4. The average molecular weight is 238 g/mol. The lowest BCUT2D eigenvalue weighted by Crippen LogP contribution is -2.62. The van der Waals surface area contributed by atoms with Crippen molar-refractivity contribution < 1.29 is 14.7 Å². The molecule has 1 aliphatic rings. The molecule has 0 aromatic carbocycles. The maximum absolute atomic E-state index is 11.7. The first-order chi connectivity index (χ1) is 8.20. The Morgan fingerprint density at radius 1 is 1.24 bits per heavy atom. The monoisotopic (exact) mass is 238 g/mol. The minimum atomic E-state index is -0.634. The third-order valence-corrected chi connectivity index (χ3v) is 2.66. The molecular weight excluding hydrogens is 224 g/mol. The summed E-state index contributed by atoms with van der Waals surface area (Å²) in [5, 5.41) is 14.0. The molecule has 0 saturated carbocycles. The van der Waals surface area contributed by atoms with Gasteiger partial charge in [-0.1, -0.05) is 0 Å². The second-order valence-corrected chi connectivity index (χ2v) is 3.92. The summed E-state index contributed by atoms with van der Waals surface area (Å²) in [6.45, 7) is -0.135. The van der Waals surface area contributed by atoms with Crippen LogP contribution in [0.4, 0.5) is 0 Å². The highest BCUT2D eigenvalue weighted by Crippen LogP contribution is 2.05.